The lowest BCUT2D eigenvalue weighted by atomic mass is 10.2. The zero-order valence-electron chi connectivity index (χ0n) is 7.63. The molecular weight excluding hydrogens is 242 g/mol. The molecule has 0 spiro atoms. The van der Waals surface area contributed by atoms with E-state index in [1.165, 1.54) is 19.1 Å². The Labute approximate surface area is 89.5 Å². The minimum atomic E-state index is -4.25. The summed E-state index contributed by atoms with van der Waals surface area (Å²) in [5.41, 5.74) is 0.657. The Hall–Kier alpha value is -0.960. The molecule has 1 aromatic carbocycles. The number of benzene rings is 1. The molecule has 0 fully saturated rings. The van der Waals surface area contributed by atoms with E-state index in [-0.39, 0.29) is 10.6 Å². The van der Waals surface area contributed by atoms with Gasteiger partial charge in [0.25, 0.3) is 10.1 Å². The van der Waals surface area contributed by atoms with Crippen LogP contribution in [-0.2, 0) is 21.4 Å². The first-order chi connectivity index (χ1) is 6.80. The third-order valence-corrected chi connectivity index (χ3v) is 2.93. The Kier molecular flexibility index (Phi) is 3.45. The van der Waals surface area contributed by atoms with Gasteiger partial charge in [0.2, 0.25) is 0 Å². The van der Waals surface area contributed by atoms with Crippen molar-refractivity contribution in [2.45, 2.75) is 11.8 Å². The first-order valence-corrected chi connectivity index (χ1v) is 6.26. The van der Waals surface area contributed by atoms with Crippen LogP contribution in [-0.4, -0.2) is 21.7 Å². The van der Waals surface area contributed by atoms with E-state index in [9.17, 15) is 17.2 Å². The van der Waals surface area contributed by atoms with E-state index in [1.54, 1.807) is 0 Å². The zero-order valence-corrected chi connectivity index (χ0v) is 9.26. The predicted molar refractivity (Wildman–Crippen MR) is 53.5 cm³/mol. The third kappa shape index (κ3) is 3.27. The van der Waals surface area contributed by atoms with Gasteiger partial charge in [0.1, 0.15) is 0 Å². The largest absolute Gasteiger partial charge is 0.755 e. The Morgan fingerprint density at radius 3 is 2.47 bits per heavy atom. The van der Waals surface area contributed by atoms with E-state index in [1.807, 2.05) is 0 Å². The smallest absolute Gasteiger partial charge is 0.294 e. The molecule has 0 saturated carbocycles. The molecule has 15 heavy (non-hydrogen) atoms. The first kappa shape index (κ1) is 12.1. The highest BCUT2D eigenvalue weighted by Gasteiger charge is 2.10. The van der Waals surface area contributed by atoms with Crippen LogP contribution >= 0.6 is 0 Å². The van der Waals surface area contributed by atoms with Gasteiger partial charge in [-0.3, -0.25) is 8.76 Å². The fraction of sp³-hybridized carbons (Fsp3) is 0.143. The molecule has 0 aliphatic rings. The lowest BCUT2D eigenvalue weighted by Crippen LogP contribution is -2.05. The summed E-state index contributed by atoms with van der Waals surface area (Å²) in [4.78, 5) is -0.276. The topological polar surface area (TPSA) is 107 Å². The van der Waals surface area contributed by atoms with E-state index in [0.29, 0.717) is 5.56 Å². The second-order valence-electron chi connectivity index (χ2n) is 2.79. The quantitative estimate of drug-likeness (QED) is 0.598. The van der Waals surface area contributed by atoms with Crippen molar-refractivity contribution in [3.8, 4) is 0 Å². The van der Waals surface area contributed by atoms with Crippen LogP contribution in [0.4, 0.5) is 5.69 Å². The molecule has 0 radical (unpaired) electrons. The van der Waals surface area contributed by atoms with Gasteiger partial charge in [0, 0.05) is 17.0 Å². The van der Waals surface area contributed by atoms with Crippen LogP contribution in [0.3, 0.4) is 0 Å². The summed E-state index contributed by atoms with van der Waals surface area (Å²) in [6, 6.07) is 3.54. The van der Waals surface area contributed by atoms with Crippen LogP contribution in [0, 0.1) is 6.92 Å². The van der Waals surface area contributed by atoms with E-state index in [0.717, 1.165) is 6.07 Å². The molecule has 0 aliphatic carbocycles. The highest BCUT2D eigenvalue weighted by Crippen LogP contribution is 2.19. The number of rotatable bonds is 3. The molecule has 1 unspecified atom stereocenters. The molecule has 2 N–H and O–H groups in total. The van der Waals surface area contributed by atoms with Crippen molar-refractivity contribution in [1.82, 2.24) is 0 Å². The molecule has 0 aliphatic heterocycles. The summed E-state index contributed by atoms with van der Waals surface area (Å²) >= 11 is -2.47. The lowest BCUT2D eigenvalue weighted by Gasteiger charge is -2.11. The average Bonchev–Trinajstić information content (AvgIpc) is 2.05. The Balaban J connectivity index is 3.15. The maximum absolute atomic E-state index is 10.7. The van der Waals surface area contributed by atoms with Crippen LogP contribution in [0.1, 0.15) is 5.56 Å². The molecule has 0 saturated heterocycles. The van der Waals surface area contributed by atoms with E-state index < -0.39 is 21.4 Å². The molecule has 6 nitrogen and oxygen atoms in total. The zero-order chi connectivity index (χ0) is 11.6. The van der Waals surface area contributed by atoms with Gasteiger partial charge in [-0.25, -0.2) is 0 Å². The van der Waals surface area contributed by atoms with Crippen LogP contribution in [0.2, 0.25) is 0 Å². The summed E-state index contributed by atoms with van der Waals surface area (Å²) in [7, 11) is -4.25. The SMILES string of the molecule is Cc1cc(S(=O)(=O)O)ccc1NS(=O)[O-]. The summed E-state index contributed by atoms with van der Waals surface area (Å²) in [5, 5.41) is 0. The molecule has 0 aromatic heterocycles. The molecule has 1 aromatic rings. The van der Waals surface area contributed by atoms with Crippen molar-refractivity contribution < 1.29 is 21.7 Å². The maximum atomic E-state index is 10.7. The van der Waals surface area contributed by atoms with E-state index in [4.69, 9.17) is 4.55 Å². The van der Waals surface area contributed by atoms with Gasteiger partial charge in [-0.15, -0.1) is 0 Å². The van der Waals surface area contributed by atoms with Gasteiger partial charge in [0.15, 0.2) is 0 Å². The highest BCUT2D eigenvalue weighted by atomic mass is 32.2. The second kappa shape index (κ2) is 4.27. The van der Waals surface area contributed by atoms with Crippen molar-refractivity contribution in [3.05, 3.63) is 23.8 Å². The van der Waals surface area contributed by atoms with E-state index >= 15 is 0 Å². The number of aryl methyl sites for hydroxylation is 1. The highest BCUT2D eigenvalue weighted by molar-refractivity contribution is 7.85. The first-order valence-electron chi connectivity index (χ1n) is 3.75. The Morgan fingerprint density at radius 2 is 2.07 bits per heavy atom. The third-order valence-electron chi connectivity index (χ3n) is 1.69. The standard InChI is InChI=1S/C7H9NO5S2/c1-5-4-6(15(11,12)13)2-3-7(5)8-14(9)10/h2-4,8H,1H3,(H,9,10)(H,11,12,13)/p-1. The molecule has 0 amide bonds. The minimum Gasteiger partial charge on any atom is -0.755 e. The van der Waals surface area contributed by atoms with Crippen molar-refractivity contribution in [2.24, 2.45) is 0 Å². The average molecular weight is 250 g/mol. The number of nitrogens with one attached hydrogen (secondary N) is 1. The minimum absolute atomic E-state index is 0.260. The van der Waals surface area contributed by atoms with Gasteiger partial charge in [-0.1, -0.05) is 0 Å². The fourth-order valence-electron chi connectivity index (χ4n) is 1.00. The summed E-state index contributed by atoms with van der Waals surface area (Å²) in [6.07, 6.45) is 0. The van der Waals surface area contributed by atoms with Gasteiger partial charge in [-0.05, 0) is 30.7 Å². The number of hydrogen-bond acceptors (Lipinski definition) is 4. The number of hydrogen-bond donors (Lipinski definition) is 2. The maximum Gasteiger partial charge on any atom is 0.294 e. The van der Waals surface area contributed by atoms with Crippen LogP contribution in [0.25, 0.3) is 0 Å². The van der Waals surface area contributed by atoms with Gasteiger partial charge < -0.3 is 9.27 Å². The van der Waals surface area contributed by atoms with Crippen molar-refractivity contribution >= 4 is 27.1 Å². The monoisotopic (exact) mass is 250 g/mol. The summed E-state index contributed by atoms with van der Waals surface area (Å²) in [5.74, 6) is 0. The van der Waals surface area contributed by atoms with Gasteiger partial charge in [0.05, 0.1) is 4.90 Å². The summed E-state index contributed by atoms with van der Waals surface area (Å²) < 4.78 is 52.9. The molecule has 1 atom stereocenters. The molecule has 1 rings (SSSR count). The van der Waals surface area contributed by atoms with Crippen molar-refractivity contribution in [2.75, 3.05) is 4.72 Å². The van der Waals surface area contributed by atoms with Crippen LogP contribution in [0.5, 0.6) is 0 Å². The van der Waals surface area contributed by atoms with Crippen LogP contribution < -0.4 is 4.72 Å². The molecule has 84 valence electrons. The van der Waals surface area contributed by atoms with Gasteiger partial charge in [-0.2, -0.15) is 8.42 Å². The number of anilines is 1. The fourth-order valence-corrected chi connectivity index (χ4v) is 1.98. The van der Waals surface area contributed by atoms with Crippen molar-refractivity contribution in [3.63, 3.8) is 0 Å². The van der Waals surface area contributed by atoms with Crippen LogP contribution in [0.15, 0.2) is 23.1 Å². The second-order valence-corrected chi connectivity index (χ2v) is 4.88. The van der Waals surface area contributed by atoms with Crippen molar-refractivity contribution in [1.29, 1.82) is 0 Å². The predicted octanol–water partition coefficient (Wildman–Crippen LogP) is 0.448. The Morgan fingerprint density at radius 1 is 1.47 bits per heavy atom. The molecular formula is C7H8NO5S2-. The molecule has 8 heteroatoms. The molecule has 0 heterocycles. The molecule has 0 bridgehead atoms. The lowest BCUT2D eigenvalue weighted by molar-refractivity contribution is 0.483. The van der Waals surface area contributed by atoms with E-state index in [2.05, 4.69) is 4.72 Å². The normalized spacial score (nSPS) is 13.5. The summed E-state index contributed by atoms with van der Waals surface area (Å²) in [6.45, 7) is 1.52. The Bertz CT molecular complexity index is 496. The van der Waals surface area contributed by atoms with Gasteiger partial charge >= 0.3 is 0 Å².